The number of nitro benzene ring substituents is 1. The summed E-state index contributed by atoms with van der Waals surface area (Å²) >= 11 is 2.01. The van der Waals surface area contributed by atoms with Gasteiger partial charge in [0, 0.05) is 12.1 Å². The van der Waals surface area contributed by atoms with E-state index in [1.165, 1.54) is 56.7 Å². The minimum atomic E-state index is -0.930. The number of nitrogens with one attached hydrogen (secondary N) is 1. The predicted molar refractivity (Wildman–Crippen MR) is 150 cm³/mol. The first-order valence-electron chi connectivity index (χ1n) is 11.5. The molecule has 4 amide bonds. The molecule has 204 valence electrons. The van der Waals surface area contributed by atoms with E-state index in [0.717, 1.165) is 4.90 Å². The van der Waals surface area contributed by atoms with Gasteiger partial charge in [0.25, 0.3) is 17.5 Å². The number of nitrogens with zero attached hydrogens (tertiary/aromatic N) is 2. The number of halogens is 1. The third kappa shape index (κ3) is 5.93. The average Bonchev–Trinajstić information content (AvgIpc) is 2.94. The normalized spacial score (nSPS) is 14.1. The molecule has 1 N–H and O–H groups in total. The van der Waals surface area contributed by atoms with E-state index in [1.807, 2.05) is 22.6 Å². The van der Waals surface area contributed by atoms with E-state index in [9.17, 15) is 29.3 Å². The highest BCUT2D eigenvalue weighted by Gasteiger charge is 2.37. The number of amides is 4. The van der Waals surface area contributed by atoms with Gasteiger partial charge in [-0.05, 0) is 88.3 Å². The van der Waals surface area contributed by atoms with E-state index in [1.54, 1.807) is 24.3 Å². The van der Waals surface area contributed by atoms with Gasteiger partial charge in [-0.2, -0.15) is 0 Å². The van der Waals surface area contributed by atoms with Crippen LogP contribution in [0.4, 0.5) is 16.2 Å². The molecule has 3 aromatic rings. The molecule has 0 atom stereocenters. The number of imide groups is 2. The van der Waals surface area contributed by atoms with Crippen LogP contribution in [0.2, 0.25) is 0 Å². The minimum absolute atomic E-state index is 0.0342. The van der Waals surface area contributed by atoms with Gasteiger partial charge < -0.3 is 14.2 Å². The fourth-order valence-electron chi connectivity index (χ4n) is 3.76. The van der Waals surface area contributed by atoms with Crippen molar-refractivity contribution < 1.29 is 38.3 Å². The summed E-state index contributed by atoms with van der Waals surface area (Å²) in [6.45, 7) is 0.109. The Labute approximate surface area is 240 Å². The molecule has 0 spiro atoms. The van der Waals surface area contributed by atoms with Crippen molar-refractivity contribution in [1.29, 1.82) is 0 Å². The topological polar surface area (TPSA) is 154 Å². The molecule has 1 saturated heterocycles. The molecule has 1 aliphatic rings. The maximum absolute atomic E-state index is 13.2. The number of anilines is 1. The summed E-state index contributed by atoms with van der Waals surface area (Å²) in [6, 6.07) is 13.8. The van der Waals surface area contributed by atoms with E-state index in [4.69, 9.17) is 9.47 Å². The Morgan fingerprint density at radius 3 is 2.33 bits per heavy atom. The number of hydrogen-bond acceptors (Lipinski definition) is 9. The van der Waals surface area contributed by atoms with Crippen LogP contribution in [0, 0.1) is 13.7 Å². The molecule has 1 fully saturated rings. The zero-order valence-electron chi connectivity index (χ0n) is 21.0. The Hall–Kier alpha value is -4.79. The Morgan fingerprint density at radius 2 is 1.73 bits per heavy atom. The molecule has 40 heavy (non-hydrogen) atoms. The molecule has 0 unspecified atom stereocenters. The van der Waals surface area contributed by atoms with Crippen LogP contribution in [-0.4, -0.2) is 43.0 Å². The third-order valence-corrected chi connectivity index (χ3v) is 6.54. The molecule has 3 aromatic carbocycles. The summed E-state index contributed by atoms with van der Waals surface area (Å²) in [7, 11) is 2.66. The minimum Gasteiger partial charge on any atom is -0.493 e. The third-order valence-electron chi connectivity index (χ3n) is 5.74. The smallest absolute Gasteiger partial charge is 0.337 e. The van der Waals surface area contributed by atoms with Crippen molar-refractivity contribution in [1.82, 2.24) is 5.32 Å². The number of nitro groups is 1. The molecular weight excluding hydrogens is 637 g/mol. The van der Waals surface area contributed by atoms with E-state index >= 15 is 0 Å². The van der Waals surface area contributed by atoms with Crippen LogP contribution >= 0.6 is 22.6 Å². The highest BCUT2D eigenvalue weighted by atomic mass is 127. The van der Waals surface area contributed by atoms with Crippen LogP contribution in [0.1, 0.15) is 21.5 Å². The second-order valence-electron chi connectivity index (χ2n) is 8.24. The van der Waals surface area contributed by atoms with Crippen molar-refractivity contribution >= 4 is 63.9 Å². The summed E-state index contributed by atoms with van der Waals surface area (Å²) in [5, 5.41) is 13.0. The van der Waals surface area contributed by atoms with E-state index < -0.39 is 28.7 Å². The fraction of sp³-hybridized carbons (Fsp3) is 0.111. The molecule has 13 heteroatoms. The van der Waals surface area contributed by atoms with Crippen LogP contribution in [0.5, 0.6) is 11.5 Å². The molecule has 0 bridgehead atoms. The molecule has 0 aromatic heterocycles. The Kier molecular flexibility index (Phi) is 8.43. The summed E-state index contributed by atoms with van der Waals surface area (Å²) < 4.78 is 16.6. The molecule has 0 radical (unpaired) electrons. The summed E-state index contributed by atoms with van der Waals surface area (Å²) in [6.07, 6.45) is 1.32. The number of urea groups is 1. The average molecular weight is 657 g/mol. The van der Waals surface area contributed by atoms with Crippen LogP contribution in [0.15, 0.2) is 66.2 Å². The van der Waals surface area contributed by atoms with E-state index in [-0.39, 0.29) is 29.1 Å². The fourth-order valence-corrected chi connectivity index (χ4v) is 4.54. The lowest BCUT2D eigenvalue weighted by molar-refractivity contribution is -0.384. The number of methoxy groups -OCH3 is 2. The van der Waals surface area contributed by atoms with Gasteiger partial charge in [-0.3, -0.25) is 25.0 Å². The van der Waals surface area contributed by atoms with Crippen molar-refractivity contribution in [2.75, 3.05) is 19.1 Å². The van der Waals surface area contributed by atoms with E-state index in [0.29, 0.717) is 26.2 Å². The first kappa shape index (κ1) is 28.2. The second kappa shape index (κ2) is 11.9. The van der Waals surface area contributed by atoms with Crippen LogP contribution in [0.25, 0.3) is 6.08 Å². The Bertz CT molecular complexity index is 1550. The highest BCUT2D eigenvalue weighted by Crippen LogP contribution is 2.35. The largest absolute Gasteiger partial charge is 0.493 e. The Morgan fingerprint density at radius 1 is 1.05 bits per heavy atom. The summed E-state index contributed by atoms with van der Waals surface area (Å²) in [5.41, 5.74) is 1.17. The molecule has 1 heterocycles. The highest BCUT2D eigenvalue weighted by molar-refractivity contribution is 14.1. The van der Waals surface area contributed by atoms with E-state index in [2.05, 4.69) is 10.1 Å². The van der Waals surface area contributed by atoms with Gasteiger partial charge in [0.05, 0.1) is 34.0 Å². The number of hydrogen-bond donors (Lipinski definition) is 1. The summed E-state index contributed by atoms with van der Waals surface area (Å²) in [5.74, 6) is -1.60. The van der Waals surface area contributed by atoms with Crippen LogP contribution in [-0.2, 0) is 20.9 Å². The number of benzene rings is 3. The van der Waals surface area contributed by atoms with Gasteiger partial charge in [-0.25, -0.2) is 14.5 Å². The maximum Gasteiger partial charge on any atom is 0.337 e. The quantitative estimate of drug-likeness (QED) is 0.0936. The van der Waals surface area contributed by atoms with Crippen LogP contribution < -0.4 is 19.7 Å². The number of non-ortho nitro benzene ring substituents is 1. The van der Waals surface area contributed by atoms with Gasteiger partial charge in [0.15, 0.2) is 11.5 Å². The first-order valence-corrected chi connectivity index (χ1v) is 12.5. The zero-order valence-corrected chi connectivity index (χ0v) is 23.2. The van der Waals surface area contributed by atoms with Crippen molar-refractivity contribution in [2.24, 2.45) is 0 Å². The molecule has 1 aliphatic heterocycles. The number of rotatable bonds is 8. The van der Waals surface area contributed by atoms with Crippen molar-refractivity contribution in [2.45, 2.75) is 6.61 Å². The molecule has 4 rings (SSSR count). The van der Waals surface area contributed by atoms with Gasteiger partial charge in [-0.15, -0.1) is 0 Å². The lowest BCUT2D eigenvalue weighted by Crippen LogP contribution is -2.54. The number of carbonyl (C=O) groups is 4. The second-order valence-corrected chi connectivity index (χ2v) is 9.40. The van der Waals surface area contributed by atoms with Crippen LogP contribution in [0.3, 0.4) is 0 Å². The van der Waals surface area contributed by atoms with Gasteiger partial charge in [0.1, 0.15) is 12.2 Å². The van der Waals surface area contributed by atoms with Crippen molar-refractivity contribution in [3.8, 4) is 11.5 Å². The number of carbonyl (C=O) groups excluding carboxylic acids is 4. The van der Waals surface area contributed by atoms with Crippen molar-refractivity contribution in [3.63, 3.8) is 0 Å². The lowest BCUT2D eigenvalue weighted by atomic mass is 10.1. The zero-order chi connectivity index (χ0) is 29.0. The Balaban J connectivity index is 1.59. The number of ether oxygens (including phenoxy) is 3. The predicted octanol–water partition coefficient (Wildman–Crippen LogP) is 4.24. The number of esters is 1. The standard InChI is InChI=1S/C27H20IN3O9/c1-38-22-13-16(12-21(28)23(22)40-14-15-3-7-19(8-4-15)31(36)37)11-20-24(32)29-27(35)30(25(20)33)18-9-5-17(6-10-18)26(34)39-2/h3-13H,14H2,1-2H3,(H,29,32,35)/b20-11+. The molecule has 12 nitrogen and oxygen atoms in total. The van der Waals surface area contributed by atoms with Gasteiger partial charge in [-0.1, -0.05) is 0 Å². The maximum atomic E-state index is 13.2. The van der Waals surface area contributed by atoms with Gasteiger partial charge in [0.2, 0.25) is 0 Å². The first-order chi connectivity index (χ1) is 19.1. The van der Waals surface area contributed by atoms with Gasteiger partial charge >= 0.3 is 12.0 Å². The SMILES string of the molecule is COC(=O)c1ccc(N2C(=O)NC(=O)/C(=C\c3cc(I)c(OCc4ccc([N+](=O)[O-])cc4)c(OC)c3)C2=O)cc1. The molecule has 0 saturated carbocycles. The monoisotopic (exact) mass is 657 g/mol. The van der Waals surface area contributed by atoms with Crippen molar-refractivity contribution in [3.05, 3.63) is 96.6 Å². The number of barbiturate groups is 1. The summed E-state index contributed by atoms with van der Waals surface area (Å²) in [4.78, 5) is 61.2. The molecular formula is C27H20IN3O9. The lowest BCUT2D eigenvalue weighted by Gasteiger charge is -2.26. The molecule has 0 aliphatic carbocycles.